The minimum absolute atomic E-state index is 0.296. The Kier molecular flexibility index (Phi) is 5.85. The molecule has 1 aromatic rings. The van der Waals surface area contributed by atoms with Crippen molar-refractivity contribution in [2.75, 3.05) is 13.7 Å². The molecule has 0 radical (unpaired) electrons. The first kappa shape index (κ1) is 15.0. The largest absolute Gasteiger partial charge is 0.492 e. The van der Waals surface area contributed by atoms with Gasteiger partial charge < -0.3 is 14.2 Å². The van der Waals surface area contributed by atoms with Gasteiger partial charge in [-0.1, -0.05) is 13.0 Å². The number of hydrogen-bond donors (Lipinski definition) is 0. The molecule has 1 atom stereocenters. The van der Waals surface area contributed by atoms with Gasteiger partial charge in [-0.05, 0) is 25.5 Å². The summed E-state index contributed by atoms with van der Waals surface area (Å²) >= 11 is 0. The predicted octanol–water partition coefficient (Wildman–Crippen LogP) is 2.23. The highest BCUT2D eigenvalue weighted by atomic mass is 16.6. The molecule has 1 rings (SSSR count). The Morgan fingerprint density at radius 2 is 2.11 bits per heavy atom. The summed E-state index contributed by atoms with van der Waals surface area (Å²) in [6.45, 7) is 3.85. The monoisotopic (exact) mass is 266 g/mol. The molecule has 0 aliphatic rings. The van der Waals surface area contributed by atoms with Crippen molar-refractivity contribution in [3.8, 4) is 11.5 Å². The van der Waals surface area contributed by atoms with Gasteiger partial charge in [0.05, 0.1) is 19.3 Å². The van der Waals surface area contributed by atoms with Crippen LogP contribution in [0.4, 0.5) is 0 Å². The molecule has 1 unspecified atom stereocenters. The Hall–Kier alpha value is -2.04. The fourth-order valence-corrected chi connectivity index (χ4v) is 1.62. The molecule has 19 heavy (non-hydrogen) atoms. The van der Waals surface area contributed by atoms with Crippen LogP contribution in [0.1, 0.15) is 30.6 Å². The molecule has 1 aromatic carbocycles. The molecule has 5 nitrogen and oxygen atoms in total. The Morgan fingerprint density at radius 3 is 2.63 bits per heavy atom. The molecule has 0 heterocycles. The molecule has 0 saturated carbocycles. The average Bonchev–Trinajstić information content (AvgIpc) is 2.44. The van der Waals surface area contributed by atoms with Crippen molar-refractivity contribution in [3.05, 3.63) is 23.8 Å². The predicted molar refractivity (Wildman–Crippen MR) is 69.7 cm³/mol. The molecule has 0 aliphatic carbocycles. The molecule has 0 fully saturated rings. The van der Waals surface area contributed by atoms with Crippen LogP contribution in [0.3, 0.4) is 0 Å². The van der Waals surface area contributed by atoms with Crippen LogP contribution in [0, 0.1) is 0 Å². The van der Waals surface area contributed by atoms with E-state index in [9.17, 15) is 9.59 Å². The number of benzene rings is 1. The maximum absolute atomic E-state index is 11.7. The molecule has 0 bridgehead atoms. The van der Waals surface area contributed by atoms with Crippen molar-refractivity contribution in [1.82, 2.24) is 0 Å². The summed E-state index contributed by atoms with van der Waals surface area (Å²) in [6, 6.07) is 4.93. The van der Waals surface area contributed by atoms with Gasteiger partial charge in [0.25, 0.3) is 0 Å². The molecule has 0 spiro atoms. The molecular weight excluding hydrogens is 248 g/mol. The molecular formula is C14H18O5. The summed E-state index contributed by atoms with van der Waals surface area (Å²) in [5, 5.41) is 0. The van der Waals surface area contributed by atoms with Crippen molar-refractivity contribution >= 4 is 12.3 Å². The van der Waals surface area contributed by atoms with Crippen molar-refractivity contribution in [2.45, 2.75) is 26.4 Å². The summed E-state index contributed by atoms with van der Waals surface area (Å²) in [6.07, 6.45) is 0.431. The maximum Gasteiger partial charge on any atom is 0.347 e. The van der Waals surface area contributed by atoms with Crippen molar-refractivity contribution in [1.29, 1.82) is 0 Å². The van der Waals surface area contributed by atoms with Crippen LogP contribution in [-0.4, -0.2) is 32.1 Å². The lowest BCUT2D eigenvalue weighted by Gasteiger charge is -2.18. The highest BCUT2D eigenvalue weighted by molar-refractivity contribution is 5.81. The first-order valence-corrected chi connectivity index (χ1v) is 6.13. The minimum atomic E-state index is -0.712. The van der Waals surface area contributed by atoms with Crippen LogP contribution in [0.2, 0.25) is 0 Å². The van der Waals surface area contributed by atoms with E-state index in [0.717, 1.165) is 0 Å². The van der Waals surface area contributed by atoms with Gasteiger partial charge in [-0.3, -0.25) is 4.79 Å². The van der Waals surface area contributed by atoms with E-state index in [-0.39, 0.29) is 0 Å². The van der Waals surface area contributed by atoms with Gasteiger partial charge in [0.15, 0.2) is 23.9 Å². The Morgan fingerprint density at radius 1 is 1.37 bits per heavy atom. The van der Waals surface area contributed by atoms with E-state index in [2.05, 4.69) is 0 Å². The lowest BCUT2D eigenvalue weighted by atomic mass is 10.2. The normalized spacial score (nSPS) is 11.5. The molecule has 0 saturated heterocycles. The van der Waals surface area contributed by atoms with Gasteiger partial charge in [-0.2, -0.15) is 0 Å². The number of carbonyl (C=O) groups is 2. The Balaban J connectivity index is 2.96. The van der Waals surface area contributed by atoms with Crippen molar-refractivity contribution < 1.29 is 23.8 Å². The van der Waals surface area contributed by atoms with Gasteiger partial charge in [-0.15, -0.1) is 0 Å². The minimum Gasteiger partial charge on any atom is -0.492 e. The third-order valence-electron chi connectivity index (χ3n) is 2.53. The lowest BCUT2D eigenvalue weighted by molar-refractivity contribution is -0.151. The van der Waals surface area contributed by atoms with Gasteiger partial charge in [0, 0.05) is 0 Å². The summed E-state index contributed by atoms with van der Waals surface area (Å²) < 4.78 is 15.7. The highest BCUT2D eigenvalue weighted by Crippen LogP contribution is 2.31. The first-order chi connectivity index (χ1) is 9.17. The zero-order valence-corrected chi connectivity index (χ0v) is 11.3. The lowest BCUT2D eigenvalue weighted by Crippen LogP contribution is -2.28. The standard InChI is InChI=1S/C14H18O5/c1-4-11(14(16)18-5-2)19-12-8-6-7-10(9-15)13(12)17-3/h6-9,11H,4-5H2,1-3H3. The Labute approximate surface area is 112 Å². The first-order valence-electron chi connectivity index (χ1n) is 6.13. The van der Waals surface area contributed by atoms with E-state index in [4.69, 9.17) is 14.2 Å². The molecule has 0 aliphatic heterocycles. The van der Waals surface area contributed by atoms with E-state index in [0.29, 0.717) is 36.4 Å². The van der Waals surface area contributed by atoms with Gasteiger partial charge >= 0.3 is 5.97 Å². The molecule has 104 valence electrons. The number of esters is 1. The second kappa shape index (κ2) is 7.41. The topological polar surface area (TPSA) is 61.8 Å². The zero-order valence-electron chi connectivity index (χ0n) is 11.3. The summed E-state index contributed by atoms with van der Waals surface area (Å²) in [5.41, 5.74) is 0.374. The van der Waals surface area contributed by atoms with Crippen LogP contribution >= 0.6 is 0 Å². The number of para-hydroxylation sites is 1. The van der Waals surface area contributed by atoms with E-state index in [1.54, 1.807) is 25.1 Å². The smallest absolute Gasteiger partial charge is 0.347 e. The summed E-state index contributed by atoms with van der Waals surface area (Å²) in [7, 11) is 1.44. The number of hydrogen-bond acceptors (Lipinski definition) is 5. The summed E-state index contributed by atoms with van der Waals surface area (Å²) in [4.78, 5) is 22.6. The molecule has 0 N–H and O–H groups in total. The molecule has 0 amide bonds. The van der Waals surface area contributed by atoms with Gasteiger partial charge in [0.2, 0.25) is 0 Å². The second-order valence-electron chi connectivity index (χ2n) is 3.76. The fourth-order valence-electron chi connectivity index (χ4n) is 1.62. The fraction of sp³-hybridized carbons (Fsp3) is 0.429. The number of rotatable bonds is 7. The number of methoxy groups -OCH3 is 1. The Bertz CT molecular complexity index is 441. The SMILES string of the molecule is CCOC(=O)C(CC)Oc1cccc(C=O)c1OC. The van der Waals surface area contributed by atoms with Gasteiger partial charge in [-0.25, -0.2) is 4.79 Å². The zero-order chi connectivity index (χ0) is 14.3. The van der Waals surface area contributed by atoms with Crippen LogP contribution in [0.15, 0.2) is 18.2 Å². The van der Waals surface area contributed by atoms with Crippen molar-refractivity contribution in [2.24, 2.45) is 0 Å². The second-order valence-corrected chi connectivity index (χ2v) is 3.76. The van der Waals surface area contributed by atoms with E-state index < -0.39 is 12.1 Å². The van der Waals surface area contributed by atoms with E-state index in [1.807, 2.05) is 6.92 Å². The van der Waals surface area contributed by atoms with E-state index in [1.165, 1.54) is 7.11 Å². The van der Waals surface area contributed by atoms with E-state index >= 15 is 0 Å². The number of carbonyl (C=O) groups excluding carboxylic acids is 2. The van der Waals surface area contributed by atoms with Crippen LogP contribution < -0.4 is 9.47 Å². The molecule has 5 heteroatoms. The van der Waals surface area contributed by atoms with Crippen LogP contribution in [-0.2, 0) is 9.53 Å². The summed E-state index contributed by atoms with van der Waals surface area (Å²) in [5.74, 6) is 0.246. The maximum atomic E-state index is 11.7. The van der Waals surface area contributed by atoms with Crippen LogP contribution in [0.25, 0.3) is 0 Å². The highest BCUT2D eigenvalue weighted by Gasteiger charge is 2.22. The quantitative estimate of drug-likeness (QED) is 0.559. The number of ether oxygens (including phenoxy) is 3. The number of aldehydes is 1. The molecule has 0 aromatic heterocycles. The average molecular weight is 266 g/mol. The van der Waals surface area contributed by atoms with Crippen LogP contribution in [0.5, 0.6) is 11.5 Å². The van der Waals surface area contributed by atoms with Crippen molar-refractivity contribution in [3.63, 3.8) is 0 Å². The third-order valence-corrected chi connectivity index (χ3v) is 2.53. The third kappa shape index (κ3) is 3.71. The van der Waals surface area contributed by atoms with Gasteiger partial charge in [0.1, 0.15) is 0 Å².